The standard InChI is InChI=1S/C19H25N3O4/c1-2-16(24)22-10-8-14(9-11-22)20-19(25)18-17(21-15(23)12-26-18)13-6-4-3-5-7-13/h3-7,14,17-18H,2,8-12H2,1H3,(H,20,25)(H,21,23)/t17-,18+/m1/s1. The SMILES string of the molecule is CCC(=O)N1CCC(NC(=O)[C@H]2OCC(=O)N[C@@H]2c2ccccc2)CC1. The molecule has 2 aliphatic heterocycles. The zero-order valence-electron chi connectivity index (χ0n) is 14.9. The van der Waals surface area contributed by atoms with E-state index in [1.807, 2.05) is 42.2 Å². The average molecular weight is 359 g/mol. The molecule has 0 radical (unpaired) electrons. The maximum Gasteiger partial charge on any atom is 0.251 e. The molecule has 3 amide bonds. The number of hydrogen-bond donors (Lipinski definition) is 2. The van der Waals surface area contributed by atoms with E-state index in [1.165, 1.54) is 0 Å². The Kier molecular flexibility index (Phi) is 5.88. The van der Waals surface area contributed by atoms with Gasteiger partial charge in [-0.3, -0.25) is 14.4 Å². The van der Waals surface area contributed by atoms with Gasteiger partial charge in [0.05, 0.1) is 6.04 Å². The summed E-state index contributed by atoms with van der Waals surface area (Å²) < 4.78 is 5.55. The van der Waals surface area contributed by atoms with Gasteiger partial charge in [-0.1, -0.05) is 37.3 Å². The molecule has 3 rings (SSSR count). The molecule has 2 fully saturated rings. The third-order valence-corrected chi connectivity index (χ3v) is 4.93. The molecular formula is C19H25N3O4. The molecule has 1 aromatic carbocycles. The van der Waals surface area contributed by atoms with Crippen LogP contribution in [0.1, 0.15) is 37.8 Å². The second-order valence-electron chi connectivity index (χ2n) is 6.70. The summed E-state index contributed by atoms with van der Waals surface area (Å²) >= 11 is 0. The lowest BCUT2D eigenvalue weighted by molar-refractivity contribution is -0.148. The Hall–Kier alpha value is -2.41. The number of nitrogens with zero attached hydrogens (tertiary/aromatic N) is 1. The number of likely N-dealkylation sites (tertiary alicyclic amines) is 1. The van der Waals surface area contributed by atoms with Crippen LogP contribution in [0.25, 0.3) is 0 Å². The Morgan fingerprint density at radius 1 is 1.23 bits per heavy atom. The molecule has 7 nitrogen and oxygen atoms in total. The number of nitrogens with one attached hydrogen (secondary N) is 2. The Morgan fingerprint density at radius 3 is 2.58 bits per heavy atom. The molecule has 2 aliphatic rings. The summed E-state index contributed by atoms with van der Waals surface area (Å²) in [5.74, 6) is -0.300. The minimum absolute atomic E-state index is 0.0149. The molecular weight excluding hydrogens is 334 g/mol. The Morgan fingerprint density at radius 2 is 1.92 bits per heavy atom. The summed E-state index contributed by atoms with van der Waals surface area (Å²) in [5.41, 5.74) is 0.837. The van der Waals surface area contributed by atoms with Crippen molar-refractivity contribution in [3.63, 3.8) is 0 Å². The lowest BCUT2D eigenvalue weighted by Crippen LogP contribution is -2.55. The first-order valence-electron chi connectivity index (χ1n) is 9.12. The van der Waals surface area contributed by atoms with Crippen molar-refractivity contribution in [2.75, 3.05) is 19.7 Å². The van der Waals surface area contributed by atoms with Gasteiger partial charge in [-0.25, -0.2) is 0 Å². The molecule has 0 bridgehead atoms. The highest BCUT2D eigenvalue weighted by Crippen LogP contribution is 2.23. The fourth-order valence-corrected chi connectivity index (χ4v) is 3.48. The van der Waals surface area contributed by atoms with E-state index in [0.29, 0.717) is 19.5 Å². The first-order chi connectivity index (χ1) is 12.6. The van der Waals surface area contributed by atoms with E-state index in [2.05, 4.69) is 10.6 Å². The molecule has 1 aromatic rings. The zero-order valence-corrected chi connectivity index (χ0v) is 14.9. The van der Waals surface area contributed by atoms with Crippen LogP contribution >= 0.6 is 0 Å². The summed E-state index contributed by atoms with van der Waals surface area (Å²) in [5, 5.41) is 5.88. The van der Waals surface area contributed by atoms with E-state index in [-0.39, 0.29) is 30.4 Å². The van der Waals surface area contributed by atoms with Crippen LogP contribution in [-0.2, 0) is 19.1 Å². The van der Waals surface area contributed by atoms with Gasteiger partial charge < -0.3 is 20.3 Å². The van der Waals surface area contributed by atoms with E-state index in [0.717, 1.165) is 18.4 Å². The van der Waals surface area contributed by atoms with E-state index >= 15 is 0 Å². The highest BCUT2D eigenvalue weighted by atomic mass is 16.5. The van der Waals surface area contributed by atoms with Gasteiger partial charge >= 0.3 is 0 Å². The molecule has 2 N–H and O–H groups in total. The number of carbonyl (C=O) groups is 3. The number of ether oxygens (including phenoxy) is 1. The van der Waals surface area contributed by atoms with Crippen molar-refractivity contribution in [1.82, 2.24) is 15.5 Å². The number of carbonyl (C=O) groups excluding carboxylic acids is 3. The van der Waals surface area contributed by atoms with Crippen molar-refractivity contribution < 1.29 is 19.1 Å². The quantitative estimate of drug-likeness (QED) is 0.831. The fourth-order valence-electron chi connectivity index (χ4n) is 3.48. The lowest BCUT2D eigenvalue weighted by atomic mass is 9.98. The van der Waals surface area contributed by atoms with Crippen LogP contribution < -0.4 is 10.6 Å². The molecule has 7 heteroatoms. The largest absolute Gasteiger partial charge is 0.356 e. The minimum atomic E-state index is -0.759. The van der Waals surface area contributed by atoms with Crippen LogP contribution in [0.5, 0.6) is 0 Å². The molecule has 140 valence electrons. The second kappa shape index (κ2) is 8.31. The Labute approximate surface area is 153 Å². The van der Waals surface area contributed by atoms with Gasteiger partial charge in [0.2, 0.25) is 11.8 Å². The molecule has 0 aromatic heterocycles. The van der Waals surface area contributed by atoms with Crippen molar-refractivity contribution in [2.24, 2.45) is 0 Å². The molecule has 0 aliphatic carbocycles. The third kappa shape index (κ3) is 4.22. The molecule has 2 saturated heterocycles. The van der Waals surface area contributed by atoms with Crippen molar-refractivity contribution in [3.05, 3.63) is 35.9 Å². The summed E-state index contributed by atoms with van der Waals surface area (Å²) in [7, 11) is 0. The first-order valence-corrected chi connectivity index (χ1v) is 9.12. The van der Waals surface area contributed by atoms with Gasteiger partial charge in [-0.15, -0.1) is 0 Å². The van der Waals surface area contributed by atoms with Gasteiger partial charge in [-0.05, 0) is 18.4 Å². The number of rotatable bonds is 4. The van der Waals surface area contributed by atoms with Crippen molar-refractivity contribution >= 4 is 17.7 Å². The van der Waals surface area contributed by atoms with Gasteiger partial charge in [0.25, 0.3) is 5.91 Å². The van der Waals surface area contributed by atoms with Gasteiger partial charge in [-0.2, -0.15) is 0 Å². The number of piperidine rings is 1. The van der Waals surface area contributed by atoms with E-state index in [9.17, 15) is 14.4 Å². The summed E-state index contributed by atoms with van der Waals surface area (Å²) in [4.78, 5) is 38.1. The van der Waals surface area contributed by atoms with Crippen LogP contribution in [0.15, 0.2) is 30.3 Å². The van der Waals surface area contributed by atoms with E-state index < -0.39 is 12.1 Å². The number of benzene rings is 1. The first kappa shape index (κ1) is 18.4. The number of hydrogen-bond acceptors (Lipinski definition) is 4. The fraction of sp³-hybridized carbons (Fsp3) is 0.526. The molecule has 2 atom stereocenters. The van der Waals surface area contributed by atoms with Crippen LogP contribution in [-0.4, -0.2) is 54.5 Å². The highest BCUT2D eigenvalue weighted by Gasteiger charge is 2.37. The lowest BCUT2D eigenvalue weighted by Gasteiger charge is -2.35. The maximum atomic E-state index is 12.8. The van der Waals surface area contributed by atoms with E-state index in [1.54, 1.807) is 0 Å². The molecule has 0 saturated carbocycles. The predicted molar refractivity (Wildman–Crippen MR) is 95.1 cm³/mol. The van der Waals surface area contributed by atoms with Gasteiger partial charge in [0.1, 0.15) is 6.61 Å². The minimum Gasteiger partial charge on any atom is -0.356 e. The van der Waals surface area contributed by atoms with Crippen LogP contribution in [0.4, 0.5) is 0 Å². The van der Waals surface area contributed by atoms with Gasteiger partial charge in [0, 0.05) is 25.6 Å². The average Bonchev–Trinajstić information content (AvgIpc) is 2.68. The summed E-state index contributed by atoms with van der Waals surface area (Å²) in [6.45, 7) is 3.05. The number of morpholine rings is 1. The third-order valence-electron chi connectivity index (χ3n) is 4.93. The van der Waals surface area contributed by atoms with Crippen molar-refractivity contribution in [2.45, 2.75) is 44.4 Å². The van der Waals surface area contributed by atoms with E-state index in [4.69, 9.17) is 4.74 Å². The monoisotopic (exact) mass is 359 g/mol. The second-order valence-corrected chi connectivity index (χ2v) is 6.70. The number of amides is 3. The molecule has 0 spiro atoms. The van der Waals surface area contributed by atoms with Crippen LogP contribution in [0.3, 0.4) is 0 Å². The van der Waals surface area contributed by atoms with Crippen LogP contribution in [0.2, 0.25) is 0 Å². The summed E-state index contributed by atoms with van der Waals surface area (Å²) in [6, 6.07) is 8.87. The Balaban J connectivity index is 1.61. The van der Waals surface area contributed by atoms with Gasteiger partial charge in [0.15, 0.2) is 6.10 Å². The Bertz CT molecular complexity index is 656. The smallest absolute Gasteiger partial charge is 0.251 e. The molecule has 26 heavy (non-hydrogen) atoms. The maximum absolute atomic E-state index is 12.8. The predicted octanol–water partition coefficient (Wildman–Crippen LogP) is 0.760. The normalized spacial score (nSPS) is 24.0. The van der Waals surface area contributed by atoms with Crippen LogP contribution in [0, 0.1) is 0 Å². The highest BCUT2D eigenvalue weighted by molar-refractivity contribution is 5.86. The molecule has 2 heterocycles. The molecule has 0 unspecified atom stereocenters. The van der Waals surface area contributed by atoms with Crippen molar-refractivity contribution in [1.29, 1.82) is 0 Å². The topological polar surface area (TPSA) is 87.7 Å². The zero-order chi connectivity index (χ0) is 18.5. The summed E-state index contributed by atoms with van der Waals surface area (Å²) in [6.07, 6.45) is 1.20. The van der Waals surface area contributed by atoms with Crippen molar-refractivity contribution in [3.8, 4) is 0 Å².